The highest BCUT2D eigenvalue weighted by atomic mass is 16.6. The third-order valence-corrected chi connectivity index (χ3v) is 10.6. The van der Waals surface area contributed by atoms with Gasteiger partial charge in [-0.3, -0.25) is 24.0 Å². The molecular formula is C45H71NO11. The number of hydrogen-bond donors (Lipinski definition) is 2. The van der Waals surface area contributed by atoms with Crippen molar-refractivity contribution in [3.8, 4) is 6.07 Å². The molecule has 0 saturated heterocycles. The molecule has 322 valence electrons. The summed E-state index contributed by atoms with van der Waals surface area (Å²) < 4.78 is 21.9. The predicted octanol–water partition coefficient (Wildman–Crippen LogP) is 8.90. The molecule has 57 heavy (non-hydrogen) atoms. The molecule has 0 heterocycles. The predicted molar refractivity (Wildman–Crippen MR) is 216 cm³/mol. The van der Waals surface area contributed by atoms with Crippen molar-refractivity contribution in [3.63, 3.8) is 0 Å². The van der Waals surface area contributed by atoms with E-state index in [1.165, 1.54) is 32.1 Å². The summed E-state index contributed by atoms with van der Waals surface area (Å²) >= 11 is 0. The molecule has 0 bridgehead atoms. The molecule has 6 atom stereocenters. The fourth-order valence-electron chi connectivity index (χ4n) is 6.78. The zero-order chi connectivity index (χ0) is 42.5. The largest absolute Gasteiger partial charge is 0.481 e. The van der Waals surface area contributed by atoms with Gasteiger partial charge in [-0.15, -0.1) is 0 Å². The molecule has 0 aromatic heterocycles. The van der Waals surface area contributed by atoms with Crippen LogP contribution in [-0.4, -0.2) is 66.0 Å². The number of ether oxygens (including phenoxy) is 4. The van der Waals surface area contributed by atoms with E-state index in [1.54, 1.807) is 13.8 Å². The number of nitrogens with zero attached hydrogens (tertiary/aromatic N) is 1. The standard InChI is InChI=1S/C45H71NO11/c1-6-8-9-10-11-12-13-16-21-35(4)57-43(52)39(28-34(3)42(51)55-27-26-54-40(48)24-19-15-20-25-47)30-38(41(49)50)29-37(32-46)31-45(5,7-2)44(53)56-33-36-22-17-14-18-23-36/h14,17-18,22-23,34-35,37-39,47H,6-13,15-16,19-21,24-31,33H2,1-5H3,(H,49,50). The molecule has 0 radical (unpaired) electrons. The van der Waals surface area contributed by atoms with Crippen LogP contribution in [0.4, 0.5) is 0 Å². The first-order valence-electron chi connectivity index (χ1n) is 21.3. The number of aliphatic hydroxyl groups is 1. The van der Waals surface area contributed by atoms with E-state index in [0.717, 1.165) is 24.8 Å². The zero-order valence-corrected chi connectivity index (χ0v) is 35.3. The smallest absolute Gasteiger partial charge is 0.312 e. The molecule has 0 aliphatic carbocycles. The number of nitriles is 1. The van der Waals surface area contributed by atoms with Gasteiger partial charge in [-0.2, -0.15) is 5.26 Å². The van der Waals surface area contributed by atoms with Crippen molar-refractivity contribution in [1.82, 2.24) is 0 Å². The first-order chi connectivity index (χ1) is 27.3. The molecule has 1 aromatic rings. The van der Waals surface area contributed by atoms with E-state index < -0.39 is 65.0 Å². The number of carboxylic acids is 1. The minimum absolute atomic E-state index is 0.0493. The van der Waals surface area contributed by atoms with Crippen LogP contribution in [0.1, 0.15) is 156 Å². The fourth-order valence-corrected chi connectivity index (χ4v) is 6.78. The molecule has 0 fully saturated rings. The monoisotopic (exact) mass is 802 g/mol. The van der Waals surface area contributed by atoms with Crippen molar-refractivity contribution < 1.29 is 53.1 Å². The summed E-state index contributed by atoms with van der Waals surface area (Å²) in [6.07, 6.45) is 11.5. The number of aliphatic carboxylic acids is 1. The van der Waals surface area contributed by atoms with Crippen LogP contribution in [0.3, 0.4) is 0 Å². The first-order valence-corrected chi connectivity index (χ1v) is 21.3. The van der Waals surface area contributed by atoms with Crippen LogP contribution >= 0.6 is 0 Å². The molecule has 0 saturated carbocycles. The van der Waals surface area contributed by atoms with Gasteiger partial charge >= 0.3 is 29.8 Å². The zero-order valence-electron chi connectivity index (χ0n) is 35.3. The SMILES string of the molecule is CCCCCCCCCCC(C)OC(=O)C(CC(C)C(=O)OCCOC(=O)CCCCCO)CC(CC(C#N)CC(C)(CC)C(=O)OCc1ccccc1)C(=O)O. The van der Waals surface area contributed by atoms with E-state index >= 15 is 0 Å². The van der Waals surface area contributed by atoms with E-state index in [4.69, 9.17) is 24.1 Å². The Morgan fingerprint density at radius 3 is 2.02 bits per heavy atom. The van der Waals surface area contributed by atoms with Crippen molar-refractivity contribution in [2.24, 2.45) is 29.1 Å². The van der Waals surface area contributed by atoms with Crippen LogP contribution < -0.4 is 0 Å². The Morgan fingerprint density at radius 2 is 1.40 bits per heavy atom. The number of rotatable bonds is 33. The number of hydrogen-bond acceptors (Lipinski definition) is 11. The van der Waals surface area contributed by atoms with Crippen LogP contribution in [0.2, 0.25) is 0 Å². The average Bonchev–Trinajstić information content (AvgIpc) is 3.20. The lowest BCUT2D eigenvalue weighted by atomic mass is 9.75. The Morgan fingerprint density at radius 1 is 0.772 bits per heavy atom. The van der Waals surface area contributed by atoms with Gasteiger partial charge in [0.15, 0.2) is 0 Å². The molecule has 0 aliphatic rings. The third kappa shape index (κ3) is 22.5. The van der Waals surface area contributed by atoms with Gasteiger partial charge in [0.1, 0.15) is 19.8 Å². The molecular weight excluding hydrogens is 730 g/mol. The van der Waals surface area contributed by atoms with E-state index in [0.29, 0.717) is 32.1 Å². The van der Waals surface area contributed by atoms with Crippen molar-refractivity contribution in [2.45, 2.75) is 163 Å². The Hall–Kier alpha value is -3.98. The Bertz CT molecular complexity index is 1350. The van der Waals surface area contributed by atoms with Crippen LogP contribution in [0, 0.1) is 40.4 Å². The summed E-state index contributed by atoms with van der Waals surface area (Å²) in [7, 11) is 0. The second-order valence-electron chi connectivity index (χ2n) is 15.8. The summed E-state index contributed by atoms with van der Waals surface area (Å²) in [5, 5.41) is 29.4. The average molecular weight is 802 g/mol. The van der Waals surface area contributed by atoms with Crippen LogP contribution in [0.15, 0.2) is 30.3 Å². The van der Waals surface area contributed by atoms with E-state index in [1.807, 2.05) is 44.2 Å². The maximum atomic E-state index is 13.7. The topological polar surface area (TPSA) is 187 Å². The minimum atomic E-state index is -1.20. The van der Waals surface area contributed by atoms with E-state index in [-0.39, 0.29) is 58.5 Å². The van der Waals surface area contributed by atoms with Crippen LogP contribution in [0.5, 0.6) is 0 Å². The molecule has 12 heteroatoms. The fraction of sp³-hybridized carbons (Fsp3) is 0.733. The van der Waals surface area contributed by atoms with Gasteiger partial charge in [0.25, 0.3) is 0 Å². The molecule has 1 rings (SSSR count). The number of carbonyl (C=O) groups is 5. The second kappa shape index (κ2) is 30.1. The van der Waals surface area contributed by atoms with Gasteiger partial charge in [0.05, 0.1) is 35.3 Å². The van der Waals surface area contributed by atoms with Gasteiger partial charge in [-0.1, -0.05) is 102 Å². The summed E-state index contributed by atoms with van der Waals surface area (Å²) in [6.45, 7) is 8.93. The quantitative estimate of drug-likeness (QED) is 0.0391. The Labute approximate surface area is 341 Å². The molecule has 12 nitrogen and oxygen atoms in total. The van der Waals surface area contributed by atoms with Crippen molar-refractivity contribution in [2.75, 3.05) is 19.8 Å². The maximum Gasteiger partial charge on any atom is 0.312 e. The Kier molecular flexibility index (Phi) is 27.0. The van der Waals surface area contributed by atoms with Crippen molar-refractivity contribution in [3.05, 3.63) is 35.9 Å². The number of unbranched alkanes of at least 4 members (excludes halogenated alkanes) is 9. The number of carboxylic acid groups (broad SMARTS) is 1. The molecule has 0 spiro atoms. The van der Waals surface area contributed by atoms with Crippen LogP contribution in [-0.2, 0) is 49.5 Å². The lowest BCUT2D eigenvalue weighted by Crippen LogP contribution is -2.34. The lowest BCUT2D eigenvalue weighted by Gasteiger charge is -2.29. The summed E-state index contributed by atoms with van der Waals surface area (Å²) in [6, 6.07) is 11.4. The summed E-state index contributed by atoms with van der Waals surface area (Å²) in [5.74, 6) is -7.13. The van der Waals surface area contributed by atoms with Gasteiger partial charge in [-0.05, 0) is 77.2 Å². The number of aliphatic hydroxyl groups excluding tert-OH is 1. The van der Waals surface area contributed by atoms with Gasteiger partial charge in [0, 0.05) is 18.9 Å². The normalized spacial score (nSPS) is 14.8. The van der Waals surface area contributed by atoms with Gasteiger partial charge in [-0.25, -0.2) is 0 Å². The lowest BCUT2D eigenvalue weighted by molar-refractivity contribution is -0.159. The van der Waals surface area contributed by atoms with E-state index in [9.17, 15) is 34.3 Å². The van der Waals surface area contributed by atoms with Crippen LogP contribution in [0.25, 0.3) is 0 Å². The highest BCUT2D eigenvalue weighted by Crippen LogP contribution is 2.36. The summed E-state index contributed by atoms with van der Waals surface area (Å²) in [4.78, 5) is 64.6. The molecule has 2 N–H and O–H groups in total. The minimum Gasteiger partial charge on any atom is -0.481 e. The highest BCUT2D eigenvalue weighted by molar-refractivity contribution is 5.78. The number of carbonyl (C=O) groups excluding carboxylic acids is 4. The Balaban J connectivity index is 2.99. The van der Waals surface area contributed by atoms with Crippen molar-refractivity contribution in [1.29, 1.82) is 5.26 Å². The number of esters is 4. The van der Waals surface area contributed by atoms with Gasteiger partial charge < -0.3 is 29.2 Å². The third-order valence-electron chi connectivity index (χ3n) is 10.6. The van der Waals surface area contributed by atoms with Gasteiger partial charge in [0.2, 0.25) is 0 Å². The number of benzene rings is 1. The van der Waals surface area contributed by atoms with E-state index in [2.05, 4.69) is 13.0 Å². The molecule has 1 aromatic carbocycles. The molecule has 6 unspecified atom stereocenters. The highest BCUT2D eigenvalue weighted by Gasteiger charge is 2.39. The summed E-state index contributed by atoms with van der Waals surface area (Å²) in [5.41, 5.74) is -0.228. The molecule has 0 aliphatic heterocycles. The second-order valence-corrected chi connectivity index (χ2v) is 15.8. The molecule has 0 amide bonds. The maximum absolute atomic E-state index is 13.7. The van der Waals surface area contributed by atoms with Crippen molar-refractivity contribution >= 4 is 29.8 Å². The first kappa shape index (κ1) is 51.0.